The summed E-state index contributed by atoms with van der Waals surface area (Å²) in [6.07, 6.45) is 5.03. The molecule has 19 heavy (non-hydrogen) atoms. The van der Waals surface area contributed by atoms with E-state index in [0.717, 1.165) is 6.54 Å². The number of nitro benzene ring substituents is 1. The quantitative estimate of drug-likeness (QED) is 0.654. The van der Waals surface area contributed by atoms with E-state index >= 15 is 0 Å². The molecule has 2 atom stereocenters. The second-order valence-corrected chi connectivity index (χ2v) is 5.76. The predicted molar refractivity (Wildman–Crippen MR) is 77.7 cm³/mol. The maximum Gasteiger partial charge on any atom is 0.293 e. The van der Waals surface area contributed by atoms with Crippen LogP contribution in [-0.2, 0) is 0 Å². The van der Waals surface area contributed by atoms with E-state index in [1.807, 2.05) is 0 Å². The van der Waals surface area contributed by atoms with E-state index in [4.69, 9.17) is 11.6 Å². The molecule has 0 bridgehead atoms. The van der Waals surface area contributed by atoms with Gasteiger partial charge in [-0.15, -0.1) is 0 Å². The third-order valence-electron chi connectivity index (χ3n) is 4.00. The molecular weight excluding hydrogens is 264 g/mol. The lowest BCUT2D eigenvalue weighted by molar-refractivity contribution is -0.383. The Kier molecular flexibility index (Phi) is 4.64. The number of nitro groups is 1. The number of benzene rings is 1. The zero-order valence-electron chi connectivity index (χ0n) is 11.1. The summed E-state index contributed by atoms with van der Waals surface area (Å²) in [5.74, 6) is 1.29. The molecule has 0 saturated heterocycles. The van der Waals surface area contributed by atoms with Crippen molar-refractivity contribution in [2.24, 2.45) is 11.8 Å². The first-order valence-electron chi connectivity index (χ1n) is 6.75. The lowest BCUT2D eigenvalue weighted by Crippen LogP contribution is -2.24. The molecule has 1 aliphatic rings. The van der Waals surface area contributed by atoms with E-state index in [9.17, 15) is 10.1 Å². The topological polar surface area (TPSA) is 55.2 Å². The van der Waals surface area contributed by atoms with Crippen molar-refractivity contribution in [1.29, 1.82) is 0 Å². The molecule has 0 aliphatic heterocycles. The Morgan fingerprint density at radius 3 is 2.84 bits per heavy atom. The molecule has 4 nitrogen and oxygen atoms in total. The Morgan fingerprint density at radius 1 is 1.42 bits per heavy atom. The number of hydrogen-bond donors (Lipinski definition) is 1. The zero-order valence-corrected chi connectivity index (χ0v) is 11.8. The van der Waals surface area contributed by atoms with Crippen LogP contribution in [0.1, 0.15) is 32.6 Å². The Labute approximate surface area is 118 Å². The van der Waals surface area contributed by atoms with Crippen LogP contribution in [-0.4, -0.2) is 11.5 Å². The molecule has 0 aromatic heterocycles. The van der Waals surface area contributed by atoms with Gasteiger partial charge < -0.3 is 5.32 Å². The maximum atomic E-state index is 11.0. The molecule has 1 fully saturated rings. The van der Waals surface area contributed by atoms with E-state index in [1.54, 1.807) is 12.1 Å². The Morgan fingerprint density at radius 2 is 2.16 bits per heavy atom. The molecule has 0 spiro atoms. The largest absolute Gasteiger partial charge is 0.379 e. The monoisotopic (exact) mass is 282 g/mol. The summed E-state index contributed by atoms with van der Waals surface area (Å²) in [4.78, 5) is 10.6. The highest BCUT2D eigenvalue weighted by Crippen LogP contribution is 2.32. The minimum atomic E-state index is -0.390. The van der Waals surface area contributed by atoms with Gasteiger partial charge in [0.15, 0.2) is 0 Å². The van der Waals surface area contributed by atoms with Gasteiger partial charge in [-0.3, -0.25) is 10.1 Å². The molecule has 5 heteroatoms. The highest BCUT2D eigenvalue weighted by atomic mass is 35.5. The second kappa shape index (κ2) is 6.24. The molecule has 2 rings (SSSR count). The molecule has 1 aromatic carbocycles. The lowest BCUT2D eigenvalue weighted by atomic mass is 9.80. The molecule has 1 aliphatic carbocycles. The van der Waals surface area contributed by atoms with E-state index in [-0.39, 0.29) is 5.69 Å². The Hall–Kier alpha value is -1.29. The third kappa shape index (κ3) is 3.60. The van der Waals surface area contributed by atoms with Crippen LogP contribution in [0, 0.1) is 22.0 Å². The summed E-state index contributed by atoms with van der Waals surface area (Å²) in [5, 5.41) is 14.6. The lowest BCUT2D eigenvalue weighted by Gasteiger charge is -2.29. The molecule has 2 unspecified atom stereocenters. The number of nitrogens with zero attached hydrogens (tertiary/aromatic N) is 1. The number of hydrogen-bond acceptors (Lipinski definition) is 3. The van der Waals surface area contributed by atoms with Gasteiger partial charge in [0.05, 0.1) is 4.92 Å². The van der Waals surface area contributed by atoms with E-state index < -0.39 is 4.92 Å². The first-order valence-corrected chi connectivity index (χ1v) is 7.13. The highest BCUT2D eigenvalue weighted by molar-refractivity contribution is 6.30. The van der Waals surface area contributed by atoms with E-state index in [1.165, 1.54) is 31.7 Å². The van der Waals surface area contributed by atoms with Crippen LogP contribution in [0.2, 0.25) is 5.02 Å². The predicted octanol–water partition coefficient (Wildman–Crippen LogP) is 4.49. The minimum absolute atomic E-state index is 0.0518. The van der Waals surface area contributed by atoms with Crippen molar-refractivity contribution < 1.29 is 4.92 Å². The van der Waals surface area contributed by atoms with Crippen LogP contribution >= 0.6 is 11.6 Å². The summed E-state index contributed by atoms with van der Waals surface area (Å²) in [6, 6.07) is 4.77. The molecule has 1 saturated carbocycles. The average molecular weight is 283 g/mol. The van der Waals surface area contributed by atoms with Gasteiger partial charge in [0.1, 0.15) is 5.69 Å². The summed E-state index contributed by atoms with van der Waals surface area (Å²) in [5.41, 5.74) is 0.614. The summed E-state index contributed by atoms with van der Waals surface area (Å²) >= 11 is 5.80. The third-order valence-corrected chi connectivity index (χ3v) is 4.24. The molecule has 1 N–H and O–H groups in total. The molecule has 0 radical (unpaired) electrons. The number of anilines is 1. The molecule has 0 amide bonds. The van der Waals surface area contributed by atoms with Gasteiger partial charge in [0.25, 0.3) is 5.69 Å². The highest BCUT2D eigenvalue weighted by Gasteiger charge is 2.22. The van der Waals surface area contributed by atoms with Crippen LogP contribution < -0.4 is 5.32 Å². The smallest absolute Gasteiger partial charge is 0.293 e. The summed E-state index contributed by atoms with van der Waals surface area (Å²) in [6.45, 7) is 3.06. The minimum Gasteiger partial charge on any atom is -0.379 e. The SMILES string of the molecule is CC1CCCCC1CNc1ccc(Cl)cc1[N+](=O)[O-]. The van der Waals surface area contributed by atoms with Crippen LogP contribution in [0.4, 0.5) is 11.4 Å². The van der Waals surface area contributed by atoms with Gasteiger partial charge in [-0.05, 0) is 30.4 Å². The van der Waals surface area contributed by atoms with Crippen molar-refractivity contribution >= 4 is 23.0 Å². The molecule has 1 aromatic rings. The Balaban J connectivity index is 2.04. The normalized spacial score (nSPS) is 23.1. The molecule has 0 heterocycles. The van der Waals surface area contributed by atoms with Crippen LogP contribution in [0.15, 0.2) is 18.2 Å². The van der Waals surface area contributed by atoms with Crippen LogP contribution in [0.25, 0.3) is 0 Å². The van der Waals surface area contributed by atoms with Gasteiger partial charge in [-0.1, -0.05) is 37.8 Å². The summed E-state index contributed by atoms with van der Waals surface area (Å²) < 4.78 is 0. The fourth-order valence-electron chi connectivity index (χ4n) is 2.74. The number of nitrogens with one attached hydrogen (secondary N) is 1. The van der Waals surface area contributed by atoms with Gasteiger partial charge in [-0.2, -0.15) is 0 Å². The zero-order chi connectivity index (χ0) is 13.8. The summed E-state index contributed by atoms with van der Waals surface area (Å²) in [7, 11) is 0. The van der Waals surface area contributed by atoms with Gasteiger partial charge in [-0.25, -0.2) is 0 Å². The fraction of sp³-hybridized carbons (Fsp3) is 0.571. The number of rotatable bonds is 4. The number of halogens is 1. The molecular formula is C14H19ClN2O2. The van der Waals surface area contributed by atoms with Gasteiger partial charge >= 0.3 is 0 Å². The van der Waals surface area contributed by atoms with Crippen molar-refractivity contribution in [1.82, 2.24) is 0 Å². The average Bonchev–Trinajstić information content (AvgIpc) is 2.38. The first-order chi connectivity index (χ1) is 9.08. The van der Waals surface area contributed by atoms with E-state index in [0.29, 0.717) is 22.5 Å². The van der Waals surface area contributed by atoms with Crippen molar-refractivity contribution in [3.63, 3.8) is 0 Å². The second-order valence-electron chi connectivity index (χ2n) is 5.32. The van der Waals surface area contributed by atoms with Crippen LogP contribution in [0.5, 0.6) is 0 Å². The van der Waals surface area contributed by atoms with Gasteiger partial charge in [0, 0.05) is 17.6 Å². The standard InChI is InChI=1S/C14H19ClN2O2/c1-10-4-2-3-5-11(10)9-16-13-7-6-12(15)8-14(13)17(18)19/h6-8,10-11,16H,2-5,9H2,1H3. The molecule has 104 valence electrons. The Bertz CT molecular complexity index is 465. The van der Waals surface area contributed by atoms with Crippen molar-refractivity contribution in [3.8, 4) is 0 Å². The van der Waals surface area contributed by atoms with Crippen LogP contribution in [0.3, 0.4) is 0 Å². The van der Waals surface area contributed by atoms with E-state index in [2.05, 4.69) is 12.2 Å². The van der Waals surface area contributed by atoms with Crippen molar-refractivity contribution in [2.45, 2.75) is 32.6 Å². The fourth-order valence-corrected chi connectivity index (χ4v) is 2.91. The maximum absolute atomic E-state index is 11.0. The van der Waals surface area contributed by atoms with Gasteiger partial charge in [0.2, 0.25) is 0 Å². The first kappa shape index (κ1) is 14.1. The van der Waals surface area contributed by atoms with Crippen molar-refractivity contribution in [2.75, 3.05) is 11.9 Å². The van der Waals surface area contributed by atoms with Crippen molar-refractivity contribution in [3.05, 3.63) is 33.3 Å².